The summed E-state index contributed by atoms with van der Waals surface area (Å²) in [5.41, 5.74) is 1.13. The molecule has 31 heavy (non-hydrogen) atoms. The molecule has 162 valence electrons. The highest BCUT2D eigenvalue weighted by Crippen LogP contribution is 2.33. The molecule has 0 saturated carbocycles. The van der Waals surface area contributed by atoms with E-state index in [2.05, 4.69) is 9.88 Å². The third-order valence-corrected chi connectivity index (χ3v) is 7.49. The standard InChI is InChI=1S/C22H22ClFN4O2S/c23-13-5-6-16(24)15(11-13)22(30)28-9-7-27(8-10-28)12-18-25-20(29)19-14-3-1-2-4-17(14)31-21(19)26-18/h5-6,11H,1-4,7-10,12H2,(H,25,26,29). The number of aromatic nitrogens is 2. The number of H-pyrrole nitrogens is 1. The number of rotatable bonds is 3. The van der Waals surface area contributed by atoms with Gasteiger partial charge in [0.25, 0.3) is 11.5 Å². The normalized spacial score (nSPS) is 17.2. The first-order valence-electron chi connectivity index (χ1n) is 10.5. The van der Waals surface area contributed by atoms with Crippen LogP contribution in [0.15, 0.2) is 23.0 Å². The van der Waals surface area contributed by atoms with Crippen LogP contribution in [0, 0.1) is 5.82 Å². The molecule has 0 bridgehead atoms. The summed E-state index contributed by atoms with van der Waals surface area (Å²) in [7, 11) is 0. The van der Waals surface area contributed by atoms with Gasteiger partial charge in [-0.05, 0) is 49.4 Å². The molecule has 3 aromatic rings. The lowest BCUT2D eigenvalue weighted by molar-refractivity contribution is 0.0621. The number of piperazine rings is 1. The van der Waals surface area contributed by atoms with Crippen molar-refractivity contribution in [1.82, 2.24) is 19.8 Å². The molecular weight excluding hydrogens is 439 g/mol. The average Bonchev–Trinajstić information content (AvgIpc) is 3.14. The van der Waals surface area contributed by atoms with Gasteiger partial charge in [-0.25, -0.2) is 9.37 Å². The van der Waals surface area contributed by atoms with E-state index < -0.39 is 5.82 Å². The van der Waals surface area contributed by atoms with Gasteiger partial charge in [0.15, 0.2) is 0 Å². The largest absolute Gasteiger partial charge is 0.336 e. The van der Waals surface area contributed by atoms with Crippen LogP contribution in [-0.4, -0.2) is 51.9 Å². The Kier molecular flexibility index (Phi) is 5.54. The number of thiophene rings is 1. The predicted molar refractivity (Wildman–Crippen MR) is 119 cm³/mol. The maximum absolute atomic E-state index is 14.0. The molecule has 0 unspecified atom stereocenters. The van der Waals surface area contributed by atoms with Gasteiger partial charge in [-0.15, -0.1) is 11.3 Å². The van der Waals surface area contributed by atoms with Crippen molar-refractivity contribution < 1.29 is 9.18 Å². The second-order valence-corrected chi connectivity index (χ2v) is 9.62. The number of carbonyl (C=O) groups excluding carboxylic acids is 1. The third kappa shape index (κ3) is 4.00. The third-order valence-electron chi connectivity index (χ3n) is 6.07. The van der Waals surface area contributed by atoms with Gasteiger partial charge in [0.2, 0.25) is 0 Å². The highest BCUT2D eigenvalue weighted by atomic mass is 35.5. The topological polar surface area (TPSA) is 69.3 Å². The monoisotopic (exact) mass is 460 g/mol. The molecule has 1 aliphatic carbocycles. The molecule has 0 atom stereocenters. The van der Waals surface area contributed by atoms with E-state index in [-0.39, 0.29) is 17.0 Å². The fourth-order valence-corrected chi connectivity index (χ4v) is 5.89. The van der Waals surface area contributed by atoms with Gasteiger partial charge in [0.1, 0.15) is 16.5 Å². The molecule has 0 spiro atoms. The lowest BCUT2D eigenvalue weighted by atomic mass is 9.97. The molecule has 6 nitrogen and oxygen atoms in total. The summed E-state index contributed by atoms with van der Waals surface area (Å²) < 4.78 is 14.0. The zero-order valence-electron chi connectivity index (χ0n) is 16.9. The number of aryl methyl sites for hydroxylation is 2. The van der Waals surface area contributed by atoms with E-state index in [0.717, 1.165) is 29.5 Å². The lowest BCUT2D eigenvalue weighted by Crippen LogP contribution is -2.48. The van der Waals surface area contributed by atoms with Crippen molar-refractivity contribution in [3.8, 4) is 0 Å². The quantitative estimate of drug-likeness (QED) is 0.648. The molecule has 2 aromatic heterocycles. The molecule has 1 N–H and O–H groups in total. The number of benzene rings is 1. The van der Waals surface area contributed by atoms with Gasteiger partial charge in [0.05, 0.1) is 17.5 Å². The van der Waals surface area contributed by atoms with E-state index in [0.29, 0.717) is 43.6 Å². The van der Waals surface area contributed by atoms with Crippen molar-refractivity contribution in [2.45, 2.75) is 32.2 Å². The minimum Gasteiger partial charge on any atom is -0.336 e. The SMILES string of the molecule is O=C(c1cc(Cl)ccc1F)N1CCN(Cc2nc3sc4c(c3c(=O)[nH]2)CCCC4)CC1. The Balaban J connectivity index is 1.27. The summed E-state index contributed by atoms with van der Waals surface area (Å²) >= 11 is 7.57. The van der Waals surface area contributed by atoms with E-state index >= 15 is 0 Å². The van der Waals surface area contributed by atoms with Crippen LogP contribution in [0.3, 0.4) is 0 Å². The zero-order chi connectivity index (χ0) is 21.5. The number of carbonyl (C=O) groups is 1. The molecule has 1 aromatic carbocycles. The molecule has 1 fully saturated rings. The molecule has 2 aliphatic rings. The number of halogens is 2. The number of hydrogen-bond donors (Lipinski definition) is 1. The van der Waals surface area contributed by atoms with E-state index in [1.807, 2.05) is 0 Å². The summed E-state index contributed by atoms with van der Waals surface area (Å²) in [6, 6.07) is 4.02. The van der Waals surface area contributed by atoms with Crippen molar-refractivity contribution in [1.29, 1.82) is 0 Å². The van der Waals surface area contributed by atoms with Crippen molar-refractivity contribution in [2.24, 2.45) is 0 Å². The van der Waals surface area contributed by atoms with Crippen LogP contribution < -0.4 is 5.56 Å². The molecule has 9 heteroatoms. The average molecular weight is 461 g/mol. The lowest BCUT2D eigenvalue weighted by Gasteiger charge is -2.34. The van der Waals surface area contributed by atoms with Crippen molar-refractivity contribution in [2.75, 3.05) is 26.2 Å². The summed E-state index contributed by atoms with van der Waals surface area (Å²) in [5, 5.41) is 1.10. The summed E-state index contributed by atoms with van der Waals surface area (Å²) in [6.45, 7) is 2.71. The zero-order valence-corrected chi connectivity index (χ0v) is 18.5. The first-order chi connectivity index (χ1) is 15.0. The minimum absolute atomic E-state index is 0.000870. The smallest absolute Gasteiger partial charge is 0.259 e. The molecular formula is C22H22ClFN4O2S. The molecule has 1 saturated heterocycles. The van der Waals surface area contributed by atoms with Crippen LogP contribution in [0.1, 0.15) is 39.5 Å². The van der Waals surface area contributed by atoms with Crippen molar-refractivity contribution in [3.63, 3.8) is 0 Å². The second kappa shape index (κ2) is 8.33. The van der Waals surface area contributed by atoms with E-state index in [4.69, 9.17) is 16.6 Å². The first kappa shape index (κ1) is 20.6. The van der Waals surface area contributed by atoms with Gasteiger partial charge in [0, 0.05) is 36.1 Å². The van der Waals surface area contributed by atoms with E-state index in [1.54, 1.807) is 16.2 Å². The Bertz CT molecular complexity index is 1220. The first-order valence-corrected chi connectivity index (χ1v) is 11.7. The fraction of sp³-hybridized carbons (Fsp3) is 0.409. The number of nitrogens with zero attached hydrogens (tertiary/aromatic N) is 3. The van der Waals surface area contributed by atoms with Gasteiger partial charge >= 0.3 is 0 Å². The highest BCUT2D eigenvalue weighted by Gasteiger charge is 2.25. The number of fused-ring (bicyclic) bond motifs is 3. The highest BCUT2D eigenvalue weighted by molar-refractivity contribution is 7.18. The molecule has 1 aliphatic heterocycles. The maximum atomic E-state index is 14.0. The number of amides is 1. The van der Waals surface area contributed by atoms with E-state index in [1.165, 1.54) is 35.1 Å². The number of nitrogens with one attached hydrogen (secondary N) is 1. The van der Waals surface area contributed by atoms with Gasteiger partial charge < -0.3 is 9.88 Å². The number of hydrogen-bond acceptors (Lipinski definition) is 5. The molecule has 3 heterocycles. The van der Waals surface area contributed by atoms with Crippen LogP contribution in [0.4, 0.5) is 4.39 Å². The predicted octanol–water partition coefficient (Wildman–Crippen LogP) is 3.61. The molecule has 5 rings (SSSR count). The molecule has 0 radical (unpaired) electrons. The van der Waals surface area contributed by atoms with Crippen LogP contribution in [0.5, 0.6) is 0 Å². The Morgan fingerprint density at radius 2 is 1.97 bits per heavy atom. The van der Waals surface area contributed by atoms with Gasteiger partial charge in [-0.2, -0.15) is 0 Å². The van der Waals surface area contributed by atoms with Crippen LogP contribution in [-0.2, 0) is 19.4 Å². The summed E-state index contributed by atoms with van der Waals surface area (Å²) in [6.07, 6.45) is 4.30. The van der Waals surface area contributed by atoms with Crippen LogP contribution in [0.2, 0.25) is 5.02 Å². The van der Waals surface area contributed by atoms with Crippen molar-refractivity contribution >= 4 is 39.1 Å². The van der Waals surface area contributed by atoms with Crippen LogP contribution in [0.25, 0.3) is 10.2 Å². The van der Waals surface area contributed by atoms with Crippen LogP contribution >= 0.6 is 22.9 Å². The Morgan fingerprint density at radius 3 is 2.77 bits per heavy atom. The summed E-state index contributed by atoms with van der Waals surface area (Å²) in [5.74, 6) is -0.265. The second-order valence-electron chi connectivity index (χ2n) is 8.10. The Hall–Kier alpha value is -2.29. The number of aromatic amines is 1. The van der Waals surface area contributed by atoms with Crippen molar-refractivity contribution in [3.05, 3.63) is 61.2 Å². The molecule has 1 amide bonds. The Labute approximate surface area is 187 Å². The van der Waals surface area contributed by atoms with Gasteiger partial charge in [-0.3, -0.25) is 14.5 Å². The Morgan fingerprint density at radius 1 is 1.19 bits per heavy atom. The van der Waals surface area contributed by atoms with E-state index in [9.17, 15) is 14.0 Å². The summed E-state index contributed by atoms with van der Waals surface area (Å²) in [4.78, 5) is 39.0. The maximum Gasteiger partial charge on any atom is 0.259 e. The minimum atomic E-state index is -0.564. The fourth-order valence-electron chi connectivity index (χ4n) is 4.44. The van der Waals surface area contributed by atoms with Gasteiger partial charge in [-0.1, -0.05) is 11.6 Å².